The minimum atomic E-state index is -0.337. The van der Waals surface area contributed by atoms with E-state index in [-0.39, 0.29) is 23.0 Å². The first-order valence-corrected chi connectivity index (χ1v) is 15.4. The van der Waals surface area contributed by atoms with Gasteiger partial charge in [0.1, 0.15) is 10.6 Å². The van der Waals surface area contributed by atoms with Crippen molar-refractivity contribution in [2.75, 3.05) is 23.7 Å². The normalized spacial score (nSPS) is 13.1. The van der Waals surface area contributed by atoms with Crippen LogP contribution in [0.25, 0.3) is 15.9 Å². The summed E-state index contributed by atoms with van der Waals surface area (Å²) in [6.07, 6.45) is 5.52. The number of aromatic hydroxyl groups is 1. The van der Waals surface area contributed by atoms with Crippen LogP contribution in [0.5, 0.6) is 5.75 Å². The van der Waals surface area contributed by atoms with Crippen molar-refractivity contribution in [2.24, 2.45) is 5.10 Å². The van der Waals surface area contributed by atoms with Crippen molar-refractivity contribution in [3.63, 3.8) is 0 Å². The van der Waals surface area contributed by atoms with Gasteiger partial charge < -0.3 is 10.0 Å². The van der Waals surface area contributed by atoms with Gasteiger partial charge in [-0.05, 0) is 76.3 Å². The molecule has 0 saturated carbocycles. The standard InChI is InChI=1S/C30H33N5O3S2/c1-4-34(5-2)22-15-12-20(24(36)16-22)17-31-33-26(37)18-39-30-32-28-27(23-8-6-7-9-25(23)40-28)29(38)35(30)21-13-10-19(3)11-14-21/h10-17,36H,4-9,18H2,1-3H3,(H,33,37)/b31-17-. The molecule has 0 atom stereocenters. The Morgan fingerprint density at radius 2 is 1.93 bits per heavy atom. The fourth-order valence-corrected chi connectivity index (χ4v) is 7.08. The van der Waals surface area contributed by atoms with E-state index >= 15 is 0 Å². The number of rotatable bonds is 9. The molecule has 8 nitrogen and oxygen atoms in total. The second-order valence-corrected chi connectivity index (χ2v) is 11.8. The number of phenols is 1. The van der Waals surface area contributed by atoms with Crippen LogP contribution in [0.3, 0.4) is 0 Å². The zero-order valence-corrected chi connectivity index (χ0v) is 24.6. The van der Waals surface area contributed by atoms with E-state index in [1.807, 2.05) is 37.3 Å². The number of thioether (sulfide) groups is 1. The first kappa shape index (κ1) is 27.9. The number of hydrazone groups is 1. The van der Waals surface area contributed by atoms with Crippen molar-refractivity contribution < 1.29 is 9.90 Å². The summed E-state index contributed by atoms with van der Waals surface area (Å²) in [6.45, 7) is 7.80. The number of hydrogen-bond donors (Lipinski definition) is 2. The van der Waals surface area contributed by atoms with Gasteiger partial charge >= 0.3 is 0 Å². The lowest BCUT2D eigenvalue weighted by Gasteiger charge is -2.21. The second-order valence-electron chi connectivity index (χ2n) is 9.76. The number of thiophene rings is 1. The fourth-order valence-electron chi connectivity index (χ4n) is 4.97. The molecule has 0 aliphatic heterocycles. The van der Waals surface area contributed by atoms with Crippen molar-refractivity contribution in [1.29, 1.82) is 0 Å². The molecule has 1 amide bonds. The van der Waals surface area contributed by atoms with Gasteiger partial charge in [0.05, 0.1) is 23.0 Å². The second kappa shape index (κ2) is 12.3. The summed E-state index contributed by atoms with van der Waals surface area (Å²) in [5, 5.41) is 15.6. The Hall–Kier alpha value is -3.63. The van der Waals surface area contributed by atoms with Gasteiger partial charge in [-0.15, -0.1) is 11.3 Å². The molecule has 0 radical (unpaired) electrons. The Morgan fingerprint density at radius 1 is 1.18 bits per heavy atom. The molecule has 0 bridgehead atoms. The maximum atomic E-state index is 13.8. The van der Waals surface area contributed by atoms with E-state index < -0.39 is 0 Å². The highest BCUT2D eigenvalue weighted by Gasteiger charge is 2.23. The smallest absolute Gasteiger partial charge is 0.267 e. The number of carbonyl (C=O) groups is 1. The van der Waals surface area contributed by atoms with E-state index in [1.54, 1.807) is 28.0 Å². The summed E-state index contributed by atoms with van der Waals surface area (Å²) in [5.41, 5.74) is 6.83. The van der Waals surface area contributed by atoms with Crippen LogP contribution in [0.15, 0.2) is 57.5 Å². The largest absolute Gasteiger partial charge is 0.507 e. The quantitative estimate of drug-likeness (QED) is 0.120. The summed E-state index contributed by atoms with van der Waals surface area (Å²) in [6, 6.07) is 13.1. The molecule has 1 aliphatic rings. The number of aryl methyl sites for hydroxylation is 3. The van der Waals surface area contributed by atoms with Gasteiger partial charge in [0.15, 0.2) is 5.16 Å². The van der Waals surface area contributed by atoms with Crippen LogP contribution in [0.1, 0.15) is 48.3 Å². The van der Waals surface area contributed by atoms with E-state index in [9.17, 15) is 14.7 Å². The monoisotopic (exact) mass is 575 g/mol. The predicted octanol–water partition coefficient (Wildman–Crippen LogP) is 5.43. The molecule has 2 aromatic carbocycles. The van der Waals surface area contributed by atoms with E-state index in [1.165, 1.54) is 22.9 Å². The lowest BCUT2D eigenvalue weighted by atomic mass is 9.97. The molecule has 40 heavy (non-hydrogen) atoms. The number of carbonyl (C=O) groups excluding carboxylic acids is 1. The molecule has 2 heterocycles. The Bertz CT molecular complexity index is 1620. The van der Waals surface area contributed by atoms with Crippen LogP contribution < -0.4 is 15.9 Å². The molecule has 1 aliphatic carbocycles. The number of aromatic nitrogens is 2. The molecule has 2 aromatic heterocycles. The van der Waals surface area contributed by atoms with Crippen molar-refractivity contribution >= 4 is 51.1 Å². The molecule has 2 N–H and O–H groups in total. The Kier molecular flexibility index (Phi) is 8.56. The van der Waals surface area contributed by atoms with Gasteiger partial charge in [-0.3, -0.25) is 14.2 Å². The van der Waals surface area contributed by atoms with Gasteiger partial charge in [-0.1, -0.05) is 29.5 Å². The summed E-state index contributed by atoms with van der Waals surface area (Å²) in [5.74, 6) is -0.218. The molecule has 208 valence electrons. The predicted molar refractivity (Wildman–Crippen MR) is 165 cm³/mol. The van der Waals surface area contributed by atoms with Crippen LogP contribution in [0, 0.1) is 6.92 Å². The highest BCUT2D eigenvalue weighted by molar-refractivity contribution is 7.99. The van der Waals surface area contributed by atoms with Crippen LogP contribution in [0.2, 0.25) is 0 Å². The van der Waals surface area contributed by atoms with Crippen LogP contribution in [0.4, 0.5) is 5.69 Å². The van der Waals surface area contributed by atoms with E-state index in [0.29, 0.717) is 16.1 Å². The molecule has 10 heteroatoms. The molecule has 0 fully saturated rings. The number of nitrogens with one attached hydrogen (secondary N) is 1. The third kappa shape index (κ3) is 5.78. The lowest BCUT2D eigenvalue weighted by molar-refractivity contribution is -0.118. The van der Waals surface area contributed by atoms with Gasteiger partial charge in [-0.25, -0.2) is 10.4 Å². The third-order valence-electron chi connectivity index (χ3n) is 7.12. The SMILES string of the molecule is CCN(CC)c1ccc(/C=N\NC(=O)CSc2nc3sc4c(c3c(=O)n2-c2ccc(C)cc2)CCCC4)c(O)c1. The van der Waals surface area contributed by atoms with Gasteiger partial charge in [0, 0.05) is 35.3 Å². The van der Waals surface area contributed by atoms with Gasteiger partial charge in [-0.2, -0.15) is 5.10 Å². The zero-order valence-electron chi connectivity index (χ0n) is 22.9. The minimum absolute atomic E-state index is 0.0269. The Balaban J connectivity index is 1.35. The highest BCUT2D eigenvalue weighted by Crippen LogP contribution is 2.35. The molecule has 0 saturated heterocycles. The number of amides is 1. The molecule has 4 aromatic rings. The van der Waals surface area contributed by atoms with Crippen molar-refractivity contribution in [3.05, 3.63) is 74.4 Å². The topological polar surface area (TPSA) is 99.8 Å². The van der Waals surface area contributed by atoms with E-state index in [2.05, 4.69) is 29.3 Å². The molecular formula is C30H33N5O3S2. The number of anilines is 1. The third-order valence-corrected chi connectivity index (χ3v) is 9.24. The highest BCUT2D eigenvalue weighted by atomic mass is 32.2. The van der Waals surface area contributed by atoms with Gasteiger partial charge in [0.2, 0.25) is 0 Å². The number of hydrogen-bond acceptors (Lipinski definition) is 8. The van der Waals surface area contributed by atoms with Gasteiger partial charge in [0.25, 0.3) is 11.5 Å². The summed E-state index contributed by atoms with van der Waals surface area (Å²) >= 11 is 2.80. The molecule has 0 unspecified atom stereocenters. The Morgan fingerprint density at radius 3 is 2.65 bits per heavy atom. The van der Waals surface area contributed by atoms with Crippen molar-refractivity contribution in [2.45, 2.75) is 51.6 Å². The number of benzene rings is 2. The Labute approximate surface area is 241 Å². The van der Waals surface area contributed by atoms with Crippen LogP contribution >= 0.6 is 23.1 Å². The maximum Gasteiger partial charge on any atom is 0.267 e. The minimum Gasteiger partial charge on any atom is -0.507 e. The van der Waals surface area contributed by atoms with Crippen LogP contribution in [-0.2, 0) is 17.6 Å². The summed E-state index contributed by atoms with van der Waals surface area (Å²) in [7, 11) is 0. The molecule has 0 spiro atoms. The lowest BCUT2D eigenvalue weighted by Crippen LogP contribution is -2.24. The number of phenolic OH excluding ortho intramolecular Hbond substituents is 1. The molecule has 5 rings (SSSR count). The number of nitrogens with zero attached hydrogens (tertiary/aromatic N) is 4. The first-order valence-electron chi connectivity index (χ1n) is 13.6. The maximum absolute atomic E-state index is 13.8. The van der Waals surface area contributed by atoms with Crippen LogP contribution in [-0.4, -0.2) is 45.6 Å². The van der Waals surface area contributed by atoms with E-state index in [0.717, 1.165) is 66.1 Å². The van der Waals surface area contributed by atoms with E-state index in [4.69, 9.17) is 4.98 Å². The average Bonchev–Trinajstić information content (AvgIpc) is 3.33. The summed E-state index contributed by atoms with van der Waals surface area (Å²) in [4.78, 5) is 35.5. The number of fused-ring (bicyclic) bond motifs is 3. The molecular weight excluding hydrogens is 542 g/mol. The summed E-state index contributed by atoms with van der Waals surface area (Å²) < 4.78 is 1.63. The average molecular weight is 576 g/mol. The zero-order chi connectivity index (χ0) is 28.2. The fraction of sp³-hybridized carbons (Fsp3) is 0.333. The van der Waals surface area contributed by atoms with Crippen molar-refractivity contribution in [1.82, 2.24) is 15.0 Å². The first-order chi connectivity index (χ1) is 19.4. The van der Waals surface area contributed by atoms with Crippen molar-refractivity contribution in [3.8, 4) is 11.4 Å².